The van der Waals surface area contributed by atoms with Crippen LogP contribution in [0.1, 0.15) is 54.1 Å². The van der Waals surface area contributed by atoms with Crippen molar-refractivity contribution in [3.8, 4) is 11.3 Å². The summed E-state index contributed by atoms with van der Waals surface area (Å²) in [4.78, 5) is 37.3. The molecular formula is C31H30N8O3. The molecule has 2 aliphatic rings. The number of ether oxygens (including phenoxy) is 1. The van der Waals surface area contributed by atoms with E-state index >= 15 is 0 Å². The van der Waals surface area contributed by atoms with E-state index in [4.69, 9.17) is 22.1 Å². The van der Waals surface area contributed by atoms with Gasteiger partial charge in [-0.25, -0.2) is 14.8 Å². The van der Waals surface area contributed by atoms with E-state index in [1.807, 2.05) is 29.0 Å². The third-order valence-corrected chi connectivity index (χ3v) is 7.63. The number of anilines is 2. The molecule has 6 rings (SSSR count). The summed E-state index contributed by atoms with van der Waals surface area (Å²) in [5.74, 6) is 0.354. The molecule has 0 unspecified atom stereocenters. The third-order valence-electron chi connectivity index (χ3n) is 7.63. The molecule has 4 heterocycles. The second-order valence-electron chi connectivity index (χ2n) is 10.4. The topological polar surface area (TPSA) is 141 Å². The Morgan fingerprint density at radius 2 is 2.02 bits per heavy atom. The van der Waals surface area contributed by atoms with Gasteiger partial charge in [0, 0.05) is 41.5 Å². The number of hydrogen-bond donors (Lipinski definition) is 3. The Kier molecular flexibility index (Phi) is 7.62. The van der Waals surface area contributed by atoms with Crippen LogP contribution in [0.15, 0.2) is 54.9 Å². The van der Waals surface area contributed by atoms with Crippen molar-refractivity contribution in [2.45, 2.75) is 44.2 Å². The minimum Gasteiger partial charge on any atom is -0.383 e. The Morgan fingerprint density at radius 3 is 2.86 bits per heavy atom. The third kappa shape index (κ3) is 5.57. The Bertz CT molecular complexity index is 1720. The molecule has 2 amide bonds. The first-order valence-corrected chi connectivity index (χ1v) is 14.0. The van der Waals surface area contributed by atoms with Crippen molar-refractivity contribution in [3.63, 3.8) is 0 Å². The number of nitrogens with zero attached hydrogens (tertiary/aromatic N) is 5. The molecule has 1 aromatic carbocycles. The summed E-state index contributed by atoms with van der Waals surface area (Å²) in [7, 11) is 0. The van der Waals surface area contributed by atoms with Gasteiger partial charge in [0.25, 0.3) is 5.91 Å². The molecule has 4 N–H and O–H groups in total. The molecule has 2 atom stereocenters. The fraction of sp³-hybridized carbons (Fsp3) is 0.290. The van der Waals surface area contributed by atoms with Crippen LogP contribution in [-0.4, -0.2) is 50.8 Å². The van der Waals surface area contributed by atoms with Crippen LogP contribution in [0.5, 0.6) is 0 Å². The fourth-order valence-corrected chi connectivity index (χ4v) is 5.57. The maximum Gasteiger partial charge on any atom is 0.256 e. The predicted octanol–water partition coefficient (Wildman–Crippen LogP) is 4.91. The number of carbonyl (C=O) groups excluding carboxylic acids is 2. The van der Waals surface area contributed by atoms with E-state index in [1.54, 1.807) is 24.4 Å². The number of rotatable bonds is 3. The molecule has 1 aliphatic heterocycles. The number of benzene rings is 1. The first-order chi connectivity index (χ1) is 20.5. The summed E-state index contributed by atoms with van der Waals surface area (Å²) >= 11 is 0. The molecule has 11 nitrogen and oxygen atoms in total. The average Bonchev–Trinajstić information content (AvgIpc) is 3.63. The summed E-state index contributed by atoms with van der Waals surface area (Å²) < 4.78 is 7.69. The number of hydrogen-bond acceptors (Lipinski definition) is 7. The molecule has 3 aromatic heterocycles. The van der Waals surface area contributed by atoms with E-state index in [0.29, 0.717) is 54.6 Å². The van der Waals surface area contributed by atoms with Gasteiger partial charge in [-0.2, -0.15) is 5.10 Å². The van der Waals surface area contributed by atoms with Crippen molar-refractivity contribution in [2.75, 3.05) is 24.3 Å². The van der Waals surface area contributed by atoms with Gasteiger partial charge in [-0.05, 0) is 49.9 Å². The Balaban J connectivity index is 1.36. The number of pyridine rings is 2. The number of nitrogen functional groups attached to an aromatic ring is 1. The van der Waals surface area contributed by atoms with Crippen LogP contribution >= 0.6 is 0 Å². The predicted molar refractivity (Wildman–Crippen MR) is 160 cm³/mol. The van der Waals surface area contributed by atoms with Gasteiger partial charge in [-0.1, -0.05) is 24.3 Å². The lowest BCUT2D eigenvalue weighted by Gasteiger charge is -2.15. The molecule has 42 heavy (non-hydrogen) atoms. The van der Waals surface area contributed by atoms with E-state index in [2.05, 4.69) is 25.4 Å². The molecule has 0 spiro atoms. The van der Waals surface area contributed by atoms with Crippen LogP contribution in [-0.2, 0) is 9.53 Å². The Labute approximate surface area is 242 Å². The van der Waals surface area contributed by atoms with Crippen LogP contribution in [0.4, 0.5) is 17.3 Å². The average molecular weight is 563 g/mol. The maximum absolute atomic E-state index is 12.9. The fourth-order valence-electron chi connectivity index (χ4n) is 5.57. The zero-order valence-electron chi connectivity index (χ0n) is 22.9. The largest absolute Gasteiger partial charge is 0.383 e. The quantitative estimate of drug-likeness (QED) is 0.301. The first-order valence-electron chi connectivity index (χ1n) is 14.0. The molecule has 212 valence electrons. The molecule has 1 saturated carbocycles. The minimum absolute atomic E-state index is 0.00483. The molecule has 4 aromatic rings. The van der Waals surface area contributed by atoms with E-state index in [9.17, 15) is 9.59 Å². The van der Waals surface area contributed by atoms with Gasteiger partial charge in [0.2, 0.25) is 5.91 Å². The minimum atomic E-state index is -0.337. The molecule has 0 radical (unpaired) electrons. The lowest BCUT2D eigenvalue weighted by Crippen LogP contribution is -2.33. The zero-order chi connectivity index (χ0) is 29.1. The molecule has 0 saturated heterocycles. The number of fused-ring (bicyclic) bond motifs is 3. The molecular weight excluding hydrogens is 532 g/mol. The number of aromatic nitrogens is 4. The summed E-state index contributed by atoms with van der Waals surface area (Å²) in [6, 6.07) is 10.4. The highest BCUT2D eigenvalue weighted by molar-refractivity contribution is 6.06. The summed E-state index contributed by atoms with van der Waals surface area (Å²) in [5, 5.41) is 11.7. The molecule has 11 heteroatoms. The van der Waals surface area contributed by atoms with Crippen molar-refractivity contribution in [3.05, 3.63) is 77.4 Å². The van der Waals surface area contributed by atoms with Gasteiger partial charge in [0.15, 0.2) is 5.69 Å². The first kappa shape index (κ1) is 27.1. The lowest BCUT2D eigenvalue weighted by molar-refractivity contribution is -0.122. The molecule has 1 fully saturated rings. The van der Waals surface area contributed by atoms with Crippen LogP contribution in [0.2, 0.25) is 0 Å². The van der Waals surface area contributed by atoms with E-state index in [-0.39, 0.29) is 23.9 Å². The summed E-state index contributed by atoms with van der Waals surface area (Å²) in [6.07, 6.45) is 10.9. The second-order valence-corrected chi connectivity index (χ2v) is 10.4. The maximum atomic E-state index is 12.9. The van der Waals surface area contributed by atoms with Crippen LogP contribution < -0.4 is 16.4 Å². The monoisotopic (exact) mass is 562 g/mol. The second kappa shape index (κ2) is 11.8. The van der Waals surface area contributed by atoms with Gasteiger partial charge in [0.1, 0.15) is 17.3 Å². The van der Waals surface area contributed by atoms with Gasteiger partial charge in [0.05, 0.1) is 36.7 Å². The van der Waals surface area contributed by atoms with Crippen LogP contribution in [0.25, 0.3) is 33.1 Å². The highest BCUT2D eigenvalue weighted by atomic mass is 16.5. The van der Waals surface area contributed by atoms with Crippen molar-refractivity contribution in [2.24, 2.45) is 0 Å². The lowest BCUT2D eigenvalue weighted by atomic mass is 10.0. The standard InChI is InChI=1S/C31H30N8O3/c1-33-22-11-13-34-25(17-22)37-31(41)20-7-5-19(6-8-20)28-27-29-21(18-35-30(27)32)4-2-3-14-42-15-12-26(40)36-23-9-10-24(16-23)39(29)38-28/h2,4-8,11,13,17-18,23-24H,3,9-10,12,14-16H2,(H2,32,35)(H,36,40)(H,34,37,41)/b4-2+/t23-,24-/m1/s1. The van der Waals surface area contributed by atoms with Crippen LogP contribution in [0.3, 0.4) is 0 Å². The molecule has 2 bridgehead atoms. The van der Waals surface area contributed by atoms with E-state index in [1.165, 1.54) is 12.3 Å². The normalized spacial score (nSPS) is 19.7. The number of carbonyl (C=O) groups is 2. The van der Waals surface area contributed by atoms with Crippen molar-refractivity contribution in [1.82, 2.24) is 25.1 Å². The SMILES string of the molecule is [C-]#[N+]c1ccnc(NC(=O)c2ccc(-c3nn4c5c(cnc(N)c35)/C=C/CCOCCC(=O)N[C@@H]3CC[C@@H]4C3)cc2)c1. The van der Waals surface area contributed by atoms with Gasteiger partial charge in [-0.15, -0.1) is 0 Å². The Hall–Kier alpha value is -5.08. The smallest absolute Gasteiger partial charge is 0.256 e. The van der Waals surface area contributed by atoms with Crippen molar-refractivity contribution < 1.29 is 14.3 Å². The summed E-state index contributed by atoms with van der Waals surface area (Å²) in [5.41, 5.74) is 10.6. The summed E-state index contributed by atoms with van der Waals surface area (Å²) in [6.45, 7) is 8.09. The Morgan fingerprint density at radius 1 is 1.17 bits per heavy atom. The molecule has 1 aliphatic carbocycles. The number of nitrogens with two attached hydrogens (primary N) is 1. The van der Waals surface area contributed by atoms with Crippen molar-refractivity contribution >= 4 is 46.1 Å². The number of nitrogens with one attached hydrogen (secondary N) is 2. The van der Waals surface area contributed by atoms with Gasteiger partial charge >= 0.3 is 0 Å². The van der Waals surface area contributed by atoms with E-state index in [0.717, 1.165) is 41.3 Å². The van der Waals surface area contributed by atoms with Gasteiger partial charge in [-0.3, -0.25) is 14.3 Å². The number of amides is 2. The highest BCUT2D eigenvalue weighted by Gasteiger charge is 2.31. The van der Waals surface area contributed by atoms with Gasteiger partial charge < -0.3 is 21.1 Å². The highest BCUT2D eigenvalue weighted by Crippen LogP contribution is 2.39. The van der Waals surface area contributed by atoms with Crippen molar-refractivity contribution in [1.29, 1.82) is 0 Å². The zero-order valence-corrected chi connectivity index (χ0v) is 22.9. The van der Waals surface area contributed by atoms with Crippen LogP contribution in [0, 0.1) is 6.57 Å². The van der Waals surface area contributed by atoms with E-state index < -0.39 is 0 Å².